The first-order valence-corrected chi connectivity index (χ1v) is 7.92. The Morgan fingerprint density at radius 1 is 1.10 bits per heavy atom. The number of nitrogens with one attached hydrogen (secondary N) is 1. The van der Waals surface area contributed by atoms with Crippen LogP contribution in [0.15, 0.2) is 47.4 Å². The molecule has 0 spiro atoms. The van der Waals surface area contributed by atoms with Crippen LogP contribution in [0.3, 0.4) is 0 Å². The fourth-order valence-electron chi connectivity index (χ4n) is 1.87. The van der Waals surface area contributed by atoms with Gasteiger partial charge in [0.05, 0.1) is 0 Å². The van der Waals surface area contributed by atoms with Crippen LogP contribution in [-0.4, -0.2) is 6.04 Å². The molecule has 0 aromatic heterocycles. The van der Waals surface area contributed by atoms with Crippen LogP contribution in [0.1, 0.15) is 25.0 Å². The van der Waals surface area contributed by atoms with Gasteiger partial charge < -0.3 is 5.32 Å². The molecule has 0 bridgehead atoms. The van der Waals surface area contributed by atoms with Crippen molar-refractivity contribution in [2.75, 3.05) is 0 Å². The van der Waals surface area contributed by atoms with Crippen molar-refractivity contribution in [1.82, 2.24) is 5.32 Å². The van der Waals surface area contributed by atoms with E-state index >= 15 is 0 Å². The molecule has 0 saturated heterocycles. The largest absolute Gasteiger partial charge is 0.310 e. The van der Waals surface area contributed by atoms with E-state index in [1.807, 2.05) is 12.1 Å². The van der Waals surface area contributed by atoms with Gasteiger partial charge in [-0.3, -0.25) is 0 Å². The number of hydrogen-bond acceptors (Lipinski definition) is 2. The SMILES string of the molecule is CC(C)NCc1cccc(SCc2ccc(F)cc2F)c1. The zero-order valence-corrected chi connectivity index (χ0v) is 13.0. The highest BCUT2D eigenvalue weighted by Crippen LogP contribution is 2.25. The second-order valence-corrected chi connectivity index (χ2v) is 6.26. The van der Waals surface area contributed by atoms with Crippen LogP contribution in [0.5, 0.6) is 0 Å². The number of hydrogen-bond donors (Lipinski definition) is 1. The maximum atomic E-state index is 13.6. The van der Waals surface area contributed by atoms with Gasteiger partial charge in [-0.2, -0.15) is 0 Å². The highest BCUT2D eigenvalue weighted by molar-refractivity contribution is 7.98. The van der Waals surface area contributed by atoms with Gasteiger partial charge in [0.25, 0.3) is 0 Å². The monoisotopic (exact) mass is 307 g/mol. The molecule has 0 heterocycles. The summed E-state index contributed by atoms with van der Waals surface area (Å²) in [6.07, 6.45) is 0. The number of halogens is 2. The van der Waals surface area contributed by atoms with E-state index in [0.717, 1.165) is 17.5 Å². The molecule has 0 unspecified atom stereocenters. The molecule has 0 amide bonds. The van der Waals surface area contributed by atoms with Gasteiger partial charge >= 0.3 is 0 Å². The summed E-state index contributed by atoms with van der Waals surface area (Å²) >= 11 is 1.55. The predicted octanol–water partition coefficient (Wildman–Crippen LogP) is 4.76. The molecule has 2 aromatic rings. The lowest BCUT2D eigenvalue weighted by molar-refractivity contribution is 0.576. The van der Waals surface area contributed by atoms with E-state index in [1.54, 1.807) is 11.8 Å². The summed E-state index contributed by atoms with van der Waals surface area (Å²) in [5.74, 6) is -0.532. The van der Waals surface area contributed by atoms with Crippen molar-refractivity contribution in [3.63, 3.8) is 0 Å². The summed E-state index contributed by atoms with van der Waals surface area (Å²) < 4.78 is 26.4. The smallest absolute Gasteiger partial charge is 0.130 e. The normalized spacial score (nSPS) is 11.1. The zero-order chi connectivity index (χ0) is 15.2. The molecule has 0 aliphatic carbocycles. The molecule has 112 valence electrons. The van der Waals surface area contributed by atoms with E-state index in [2.05, 4.69) is 31.3 Å². The number of rotatable bonds is 6. The van der Waals surface area contributed by atoms with Gasteiger partial charge in [0.1, 0.15) is 11.6 Å². The molecule has 0 saturated carbocycles. The van der Waals surface area contributed by atoms with Crippen molar-refractivity contribution in [2.45, 2.75) is 37.1 Å². The van der Waals surface area contributed by atoms with Gasteiger partial charge in [-0.1, -0.05) is 32.0 Å². The second-order valence-electron chi connectivity index (χ2n) is 5.21. The average Bonchev–Trinajstić information content (AvgIpc) is 2.45. The summed E-state index contributed by atoms with van der Waals surface area (Å²) in [6.45, 7) is 5.03. The Bertz CT molecular complexity index is 599. The Morgan fingerprint density at radius 2 is 1.90 bits per heavy atom. The fraction of sp³-hybridized carbons (Fsp3) is 0.294. The zero-order valence-electron chi connectivity index (χ0n) is 12.2. The molecule has 0 atom stereocenters. The highest BCUT2D eigenvalue weighted by Gasteiger charge is 2.05. The summed E-state index contributed by atoms with van der Waals surface area (Å²) in [5, 5.41) is 3.37. The average molecular weight is 307 g/mol. The molecule has 4 heteroatoms. The van der Waals surface area contributed by atoms with Gasteiger partial charge in [-0.05, 0) is 29.3 Å². The maximum absolute atomic E-state index is 13.6. The molecule has 1 nitrogen and oxygen atoms in total. The quantitative estimate of drug-likeness (QED) is 0.773. The summed E-state index contributed by atoms with van der Waals surface area (Å²) in [7, 11) is 0. The minimum atomic E-state index is -0.539. The van der Waals surface area contributed by atoms with Gasteiger partial charge in [0.15, 0.2) is 0 Å². The van der Waals surface area contributed by atoms with Crippen molar-refractivity contribution in [1.29, 1.82) is 0 Å². The molecule has 2 aromatic carbocycles. The molecular weight excluding hydrogens is 288 g/mol. The van der Waals surface area contributed by atoms with Gasteiger partial charge in [-0.15, -0.1) is 11.8 Å². The summed E-state index contributed by atoms with van der Waals surface area (Å²) in [4.78, 5) is 1.08. The summed E-state index contributed by atoms with van der Waals surface area (Å²) in [6, 6.07) is 12.3. The minimum absolute atomic E-state index is 0.439. The van der Waals surface area contributed by atoms with Crippen LogP contribution in [0.4, 0.5) is 8.78 Å². The molecule has 21 heavy (non-hydrogen) atoms. The van der Waals surface area contributed by atoms with Gasteiger partial charge in [0.2, 0.25) is 0 Å². The molecule has 0 radical (unpaired) electrons. The van der Waals surface area contributed by atoms with Crippen LogP contribution in [-0.2, 0) is 12.3 Å². The molecule has 0 aliphatic rings. The van der Waals surface area contributed by atoms with Crippen molar-refractivity contribution in [3.8, 4) is 0 Å². The molecule has 0 aliphatic heterocycles. The number of benzene rings is 2. The second kappa shape index (κ2) is 7.57. The Balaban J connectivity index is 1.98. The Kier molecular flexibility index (Phi) is 5.76. The predicted molar refractivity (Wildman–Crippen MR) is 84.3 cm³/mol. The van der Waals surface area contributed by atoms with Crippen molar-refractivity contribution in [2.24, 2.45) is 0 Å². The third-order valence-corrected chi connectivity index (χ3v) is 4.06. The standard InChI is InChI=1S/C17H19F2NS/c1-12(2)20-10-13-4-3-5-16(8-13)21-11-14-6-7-15(18)9-17(14)19/h3-9,12,20H,10-11H2,1-2H3. The van der Waals surface area contributed by atoms with Gasteiger partial charge in [0, 0.05) is 29.3 Å². The fourth-order valence-corrected chi connectivity index (χ4v) is 2.83. The van der Waals surface area contributed by atoms with Crippen LogP contribution in [0.2, 0.25) is 0 Å². The van der Waals surface area contributed by atoms with E-state index in [4.69, 9.17) is 0 Å². The van der Waals surface area contributed by atoms with Crippen LogP contribution in [0, 0.1) is 11.6 Å². The van der Waals surface area contributed by atoms with E-state index < -0.39 is 11.6 Å². The van der Waals surface area contributed by atoms with E-state index in [-0.39, 0.29) is 0 Å². The minimum Gasteiger partial charge on any atom is -0.310 e. The lowest BCUT2D eigenvalue weighted by Crippen LogP contribution is -2.21. The molecule has 2 rings (SSSR count). The first-order chi connectivity index (χ1) is 10.0. The van der Waals surface area contributed by atoms with E-state index in [0.29, 0.717) is 17.4 Å². The highest BCUT2D eigenvalue weighted by atomic mass is 32.2. The first-order valence-electron chi connectivity index (χ1n) is 6.93. The van der Waals surface area contributed by atoms with Crippen molar-refractivity contribution < 1.29 is 8.78 Å². The Labute approximate surface area is 128 Å². The van der Waals surface area contributed by atoms with Crippen LogP contribution < -0.4 is 5.32 Å². The van der Waals surface area contributed by atoms with Crippen molar-refractivity contribution in [3.05, 3.63) is 65.2 Å². The van der Waals surface area contributed by atoms with Crippen LogP contribution in [0.25, 0.3) is 0 Å². The Morgan fingerprint density at radius 3 is 2.62 bits per heavy atom. The van der Waals surface area contributed by atoms with Crippen molar-refractivity contribution >= 4 is 11.8 Å². The maximum Gasteiger partial charge on any atom is 0.130 e. The Hall–Kier alpha value is -1.39. The van der Waals surface area contributed by atoms with E-state index in [1.165, 1.54) is 17.7 Å². The molecule has 1 N–H and O–H groups in total. The third-order valence-electron chi connectivity index (χ3n) is 3.02. The van der Waals surface area contributed by atoms with E-state index in [9.17, 15) is 8.78 Å². The molecule has 0 fully saturated rings. The lowest BCUT2D eigenvalue weighted by Gasteiger charge is -2.09. The number of thioether (sulfide) groups is 1. The topological polar surface area (TPSA) is 12.0 Å². The van der Waals surface area contributed by atoms with Crippen LogP contribution >= 0.6 is 11.8 Å². The molecular formula is C17H19F2NS. The lowest BCUT2D eigenvalue weighted by atomic mass is 10.2. The third kappa shape index (κ3) is 5.14. The van der Waals surface area contributed by atoms with Gasteiger partial charge in [-0.25, -0.2) is 8.78 Å². The summed E-state index contributed by atoms with van der Waals surface area (Å²) in [5.41, 5.74) is 1.72. The first kappa shape index (κ1) is 16.0.